The van der Waals surface area contributed by atoms with Crippen LogP contribution in [0.25, 0.3) is 0 Å². The number of carboxylic acids is 1. The Balaban J connectivity index is 2.72. The lowest BCUT2D eigenvalue weighted by atomic mass is 10.2. The summed E-state index contributed by atoms with van der Waals surface area (Å²) < 4.78 is 1.29. The van der Waals surface area contributed by atoms with Crippen molar-refractivity contribution in [3.8, 4) is 0 Å². The molecule has 0 aliphatic rings. The second-order valence-electron chi connectivity index (χ2n) is 4.29. The van der Waals surface area contributed by atoms with Gasteiger partial charge in [-0.25, -0.2) is 4.79 Å². The van der Waals surface area contributed by atoms with Crippen molar-refractivity contribution in [2.24, 2.45) is 0 Å². The molecule has 0 spiro atoms. The highest BCUT2D eigenvalue weighted by Crippen LogP contribution is 2.10. The first-order chi connectivity index (χ1) is 9.85. The van der Waals surface area contributed by atoms with Crippen molar-refractivity contribution in [1.29, 1.82) is 0 Å². The minimum Gasteiger partial charge on any atom is -0.480 e. The zero-order valence-corrected chi connectivity index (χ0v) is 11.6. The van der Waals surface area contributed by atoms with Gasteiger partial charge in [0.1, 0.15) is 18.8 Å². The number of nitrogens with zero attached hydrogens (tertiary/aromatic N) is 3. The standard InChI is InChI=1S/C12H16N4O5/c1-3-4-5-9(12(18)19)14-11(17)7-15-6-10(16(20)21)13-8(15)2/h3-4,6,9H,5,7H2,1-2H3,(H,14,17)(H,18,19)/b4-3+. The molecule has 1 atom stereocenters. The van der Waals surface area contributed by atoms with Gasteiger partial charge in [0, 0.05) is 6.92 Å². The third-order valence-corrected chi connectivity index (χ3v) is 2.71. The van der Waals surface area contributed by atoms with E-state index >= 15 is 0 Å². The van der Waals surface area contributed by atoms with Gasteiger partial charge in [-0.3, -0.25) is 9.36 Å². The summed E-state index contributed by atoms with van der Waals surface area (Å²) in [4.78, 5) is 36.4. The monoisotopic (exact) mass is 296 g/mol. The zero-order valence-electron chi connectivity index (χ0n) is 11.6. The van der Waals surface area contributed by atoms with Crippen LogP contribution in [0.2, 0.25) is 0 Å². The average Bonchev–Trinajstić information content (AvgIpc) is 2.76. The predicted molar refractivity (Wildman–Crippen MR) is 72.6 cm³/mol. The number of allylic oxidation sites excluding steroid dienone is 1. The molecule has 114 valence electrons. The van der Waals surface area contributed by atoms with Crippen LogP contribution in [0.5, 0.6) is 0 Å². The van der Waals surface area contributed by atoms with Gasteiger partial charge in [-0.05, 0) is 23.3 Å². The first-order valence-electron chi connectivity index (χ1n) is 6.16. The van der Waals surface area contributed by atoms with Crippen molar-refractivity contribution >= 4 is 17.7 Å². The van der Waals surface area contributed by atoms with E-state index in [1.807, 2.05) is 0 Å². The number of aromatic nitrogens is 2. The Kier molecular flexibility index (Phi) is 5.58. The molecule has 2 N–H and O–H groups in total. The molecule has 1 rings (SSSR count). The Morgan fingerprint density at radius 2 is 2.29 bits per heavy atom. The number of carbonyl (C=O) groups excluding carboxylic acids is 1. The number of carboxylic acid groups (broad SMARTS) is 1. The molecule has 1 aromatic rings. The van der Waals surface area contributed by atoms with Crippen molar-refractivity contribution < 1.29 is 19.6 Å². The minimum absolute atomic E-state index is 0.167. The van der Waals surface area contributed by atoms with Crippen LogP contribution >= 0.6 is 0 Å². The van der Waals surface area contributed by atoms with Gasteiger partial charge in [-0.2, -0.15) is 0 Å². The van der Waals surface area contributed by atoms with Gasteiger partial charge >= 0.3 is 11.8 Å². The second-order valence-corrected chi connectivity index (χ2v) is 4.29. The van der Waals surface area contributed by atoms with Crippen molar-refractivity contribution in [2.75, 3.05) is 0 Å². The van der Waals surface area contributed by atoms with Gasteiger partial charge in [0.2, 0.25) is 11.7 Å². The van der Waals surface area contributed by atoms with E-state index in [1.54, 1.807) is 19.1 Å². The van der Waals surface area contributed by atoms with E-state index in [2.05, 4.69) is 10.3 Å². The van der Waals surface area contributed by atoms with Crippen molar-refractivity contribution in [3.05, 3.63) is 34.3 Å². The number of carbonyl (C=O) groups is 2. The summed E-state index contributed by atoms with van der Waals surface area (Å²) in [5, 5.41) is 21.9. The maximum absolute atomic E-state index is 11.8. The lowest BCUT2D eigenvalue weighted by molar-refractivity contribution is -0.389. The molecule has 21 heavy (non-hydrogen) atoms. The summed E-state index contributed by atoms with van der Waals surface area (Å²) in [7, 11) is 0. The van der Waals surface area contributed by atoms with Crippen LogP contribution in [0.4, 0.5) is 5.82 Å². The summed E-state index contributed by atoms with van der Waals surface area (Å²) in [6.45, 7) is 3.04. The third kappa shape index (κ3) is 4.71. The second kappa shape index (κ2) is 7.17. The number of rotatable bonds is 7. The van der Waals surface area contributed by atoms with Gasteiger partial charge in [0.25, 0.3) is 0 Å². The molecule has 0 saturated heterocycles. The molecule has 0 fully saturated rings. The van der Waals surface area contributed by atoms with E-state index in [4.69, 9.17) is 5.11 Å². The summed E-state index contributed by atoms with van der Waals surface area (Å²) in [5.41, 5.74) is 0. The molecule has 0 radical (unpaired) electrons. The van der Waals surface area contributed by atoms with Crippen molar-refractivity contribution in [2.45, 2.75) is 32.9 Å². The Bertz CT molecular complexity index is 578. The number of hydrogen-bond acceptors (Lipinski definition) is 5. The first kappa shape index (κ1) is 16.3. The number of nitrogens with one attached hydrogen (secondary N) is 1. The van der Waals surface area contributed by atoms with Gasteiger partial charge in [-0.1, -0.05) is 12.2 Å². The molecular weight excluding hydrogens is 280 g/mol. The number of nitro groups is 1. The molecule has 9 nitrogen and oxygen atoms in total. The van der Waals surface area contributed by atoms with Crippen LogP contribution in [0, 0.1) is 17.0 Å². The summed E-state index contributed by atoms with van der Waals surface area (Å²) in [6.07, 6.45) is 4.62. The summed E-state index contributed by atoms with van der Waals surface area (Å²) >= 11 is 0. The zero-order chi connectivity index (χ0) is 16.0. The van der Waals surface area contributed by atoms with Crippen LogP contribution in [0.15, 0.2) is 18.3 Å². The molecule has 1 unspecified atom stereocenters. The Morgan fingerprint density at radius 1 is 1.62 bits per heavy atom. The molecule has 9 heteroatoms. The minimum atomic E-state index is -1.14. The summed E-state index contributed by atoms with van der Waals surface area (Å²) in [6, 6.07) is -1.03. The fourth-order valence-electron chi connectivity index (χ4n) is 1.63. The number of amides is 1. The summed E-state index contributed by atoms with van der Waals surface area (Å²) in [5.74, 6) is -1.75. The van der Waals surface area contributed by atoms with E-state index < -0.39 is 22.8 Å². The quantitative estimate of drug-likeness (QED) is 0.431. The molecule has 0 aliphatic carbocycles. The number of hydrogen-bond donors (Lipinski definition) is 2. The highest BCUT2D eigenvalue weighted by Gasteiger charge is 2.21. The van der Waals surface area contributed by atoms with Crippen molar-refractivity contribution in [3.63, 3.8) is 0 Å². The van der Waals surface area contributed by atoms with Gasteiger partial charge in [-0.15, -0.1) is 0 Å². The molecule has 0 saturated carbocycles. The van der Waals surface area contributed by atoms with Gasteiger partial charge in [0.15, 0.2) is 0 Å². The van der Waals surface area contributed by atoms with E-state index in [0.29, 0.717) is 5.82 Å². The molecule has 0 aromatic carbocycles. The Morgan fingerprint density at radius 3 is 2.76 bits per heavy atom. The van der Waals surface area contributed by atoms with Crippen LogP contribution < -0.4 is 5.32 Å². The van der Waals surface area contributed by atoms with Crippen LogP contribution in [0.3, 0.4) is 0 Å². The fraction of sp³-hybridized carbons (Fsp3) is 0.417. The molecule has 1 aromatic heterocycles. The topological polar surface area (TPSA) is 127 Å². The fourth-order valence-corrected chi connectivity index (χ4v) is 1.63. The first-order valence-corrected chi connectivity index (χ1v) is 6.16. The SMILES string of the molecule is C/C=C/CC(NC(=O)Cn1cc([N+](=O)[O-])nc1C)C(=O)O. The largest absolute Gasteiger partial charge is 0.480 e. The Hall–Kier alpha value is -2.71. The number of aliphatic carboxylic acids is 1. The number of aryl methyl sites for hydroxylation is 1. The molecule has 1 heterocycles. The average molecular weight is 296 g/mol. The van der Waals surface area contributed by atoms with Gasteiger partial charge < -0.3 is 20.5 Å². The van der Waals surface area contributed by atoms with Crippen molar-refractivity contribution in [1.82, 2.24) is 14.9 Å². The van der Waals surface area contributed by atoms with E-state index in [0.717, 1.165) is 6.20 Å². The lowest BCUT2D eigenvalue weighted by Gasteiger charge is -2.12. The highest BCUT2D eigenvalue weighted by atomic mass is 16.6. The molecular formula is C12H16N4O5. The highest BCUT2D eigenvalue weighted by molar-refractivity contribution is 5.83. The normalized spacial score (nSPS) is 12.3. The Labute approximate surface area is 120 Å². The molecule has 1 amide bonds. The maximum Gasteiger partial charge on any atom is 0.381 e. The van der Waals surface area contributed by atoms with Crippen LogP contribution in [0.1, 0.15) is 19.2 Å². The molecule has 0 aliphatic heterocycles. The van der Waals surface area contributed by atoms with E-state index in [1.165, 1.54) is 11.5 Å². The third-order valence-electron chi connectivity index (χ3n) is 2.71. The van der Waals surface area contributed by atoms with Gasteiger partial charge in [0.05, 0.1) is 0 Å². The number of imidazole rings is 1. The van der Waals surface area contributed by atoms with E-state index in [9.17, 15) is 19.7 Å². The van der Waals surface area contributed by atoms with E-state index in [-0.39, 0.29) is 18.8 Å². The predicted octanol–water partition coefficient (Wildman–Crippen LogP) is 0.635. The smallest absolute Gasteiger partial charge is 0.381 e. The lowest BCUT2D eigenvalue weighted by Crippen LogP contribution is -2.42. The van der Waals surface area contributed by atoms with Crippen LogP contribution in [-0.4, -0.2) is 37.5 Å². The molecule has 0 bridgehead atoms. The maximum atomic E-state index is 11.8. The van der Waals surface area contributed by atoms with Crippen LogP contribution in [-0.2, 0) is 16.1 Å².